The maximum atomic E-state index is 12.6. The van der Waals surface area contributed by atoms with Crippen LogP contribution in [0.4, 0.5) is 0 Å². The first kappa shape index (κ1) is 17.8. The van der Waals surface area contributed by atoms with Gasteiger partial charge in [-0.25, -0.2) is 4.98 Å². The van der Waals surface area contributed by atoms with E-state index in [1.54, 1.807) is 22.7 Å². The van der Waals surface area contributed by atoms with Gasteiger partial charge in [0, 0.05) is 21.8 Å². The average molecular weight is 423 g/mol. The van der Waals surface area contributed by atoms with Crippen LogP contribution in [0.1, 0.15) is 23.1 Å². The summed E-state index contributed by atoms with van der Waals surface area (Å²) in [5.41, 5.74) is 1.95. The molecule has 1 amide bonds. The second kappa shape index (κ2) is 7.89. The molecule has 2 heterocycles. The fourth-order valence-electron chi connectivity index (χ4n) is 2.50. The highest BCUT2D eigenvalue weighted by Gasteiger charge is 2.18. The maximum absolute atomic E-state index is 12.6. The van der Waals surface area contributed by atoms with E-state index >= 15 is 0 Å². The number of fused-ring (bicyclic) bond motifs is 1. The lowest BCUT2D eigenvalue weighted by Crippen LogP contribution is -2.29. The van der Waals surface area contributed by atoms with Crippen LogP contribution in [0, 0.1) is 0 Å². The van der Waals surface area contributed by atoms with Crippen molar-refractivity contribution in [2.45, 2.75) is 13.3 Å². The normalized spacial score (nSPS) is 10.8. The molecule has 3 aromatic rings. The molecule has 0 aliphatic rings. The number of nitrogens with zero attached hydrogens (tertiary/aromatic N) is 2. The average Bonchev–Trinajstić information content (AvgIpc) is 2.97. The number of pyridine rings is 1. The molecule has 1 N–H and O–H groups in total. The Balaban J connectivity index is 1.65. The SMILES string of the molecule is CCc1nc2cc(Cl)ccn2c1C(=O)NCCOc1ccc(Br)cc1. The summed E-state index contributed by atoms with van der Waals surface area (Å²) >= 11 is 9.38. The van der Waals surface area contributed by atoms with Crippen LogP contribution < -0.4 is 10.1 Å². The summed E-state index contributed by atoms with van der Waals surface area (Å²) in [5, 5.41) is 3.47. The summed E-state index contributed by atoms with van der Waals surface area (Å²) < 4.78 is 8.37. The molecule has 0 aliphatic heterocycles. The van der Waals surface area contributed by atoms with E-state index < -0.39 is 0 Å². The first-order chi connectivity index (χ1) is 12.1. The number of aryl methyl sites for hydroxylation is 1. The molecule has 0 atom stereocenters. The third kappa shape index (κ3) is 4.14. The van der Waals surface area contributed by atoms with Gasteiger partial charge in [0.05, 0.1) is 12.2 Å². The van der Waals surface area contributed by atoms with Crippen LogP contribution in [0.2, 0.25) is 5.02 Å². The van der Waals surface area contributed by atoms with Crippen LogP contribution in [0.5, 0.6) is 5.75 Å². The van der Waals surface area contributed by atoms with Gasteiger partial charge in [-0.15, -0.1) is 0 Å². The number of carbonyl (C=O) groups excluding carboxylic acids is 1. The molecule has 130 valence electrons. The number of ether oxygens (including phenoxy) is 1. The lowest BCUT2D eigenvalue weighted by molar-refractivity contribution is 0.0940. The largest absolute Gasteiger partial charge is 0.492 e. The van der Waals surface area contributed by atoms with Gasteiger partial charge in [0.2, 0.25) is 0 Å². The highest BCUT2D eigenvalue weighted by molar-refractivity contribution is 9.10. The summed E-state index contributed by atoms with van der Waals surface area (Å²) in [7, 11) is 0. The Morgan fingerprint density at radius 1 is 1.32 bits per heavy atom. The zero-order chi connectivity index (χ0) is 17.8. The van der Waals surface area contributed by atoms with E-state index in [2.05, 4.69) is 26.2 Å². The Kier molecular flexibility index (Phi) is 5.60. The third-order valence-electron chi connectivity index (χ3n) is 3.68. The van der Waals surface area contributed by atoms with Crippen molar-refractivity contribution >= 4 is 39.1 Å². The van der Waals surface area contributed by atoms with Crippen LogP contribution >= 0.6 is 27.5 Å². The monoisotopic (exact) mass is 421 g/mol. The summed E-state index contributed by atoms with van der Waals surface area (Å²) in [6.07, 6.45) is 2.43. The number of carbonyl (C=O) groups is 1. The predicted molar refractivity (Wildman–Crippen MR) is 102 cm³/mol. The van der Waals surface area contributed by atoms with Gasteiger partial charge in [0.1, 0.15) is 23.7 Å². The van der Waals surface area contributed by atoms with E-state index in [0.29, 0.717) is 35.9 Å². The van der Waals surface area contributed by atoms with Crippen molar-refractivity contribution in [2.24, 2.45) is 0 Å². The van der Waals surface area contributed by atoms with Crippen molar-refractivity contribution in [2.75, 3.05) is 13.2 Å². The number of nitrogens with one attached hydrogen (secondary N) is 1. The molecule has 0 bridgehead atoms. The van der Waals surface area contributed by atoms with Gasteiger partial charge in [-0.1, -0.05) is 34.5 Å². The Morgan fingerprint density at radius 2 is 2.08 bits per heavy atom. The predicted octanol–water partition coefficient (Wildman–Crippen LogP) is 4.12. The number of aromatic nitrogens is 2. The Labute approximate surface area is 159 Å². The van der Waals surface area contributed by atoms with Crippen molar-refractivity contribution in [3.8, 4) is 5.75 Å². The van der Waals surface area contributed by atoms with E-state index in [-0.39, 0.29) is 5.91 Å². The van der Waals surface area contributed by atoms with E-state index in [4.69, 9.17) is 16.3 Å². The molecule has 0 fully saturated rings. The van der Waals surface area contributed by atoms with Gasteiger partial charge >= 0.3 is 0 Å². The van der Waals surface area contributed by atoms with E-state index in [1.165, 1.54) is 0 Å². The number of halogens is 2. The maximum Gasteiger partial charge on any atom is 0.270 e. The van der Waals surface area contributed by atoms with Crippen molar-refractivity contribution in [1.29, 1.82) is 0 Å². The van der Waals surface area contributed by atoms with Crippen molar-refractivity contribution in [3.63, 3.8) is 0 Å². The second-order valence-corrected chi connectivity index (χ2v) is 6.74. The molecule has 0 spiro atoms. The van der Waals surface area contributed by atoms with Gasteiger partial charge in [-0.3, -0.25) is 9.20 Å². The quantitative estimate of drug-likeness (QED) is 0.608. The smallest absolute Gasteiger partial charge is 0.270 e. The van der Waals surface area contributed by atoms with E-state index in [0.717, 1.165) is 15.9 Å². The molecule has 0 radical (unpaired) electrons. The first-order valence-corrected chi connectivity index (χ1v) is 9.08. The number of hydrogen-bond acceptors (Lipinski definition) is 3. The van der Waals surface area contributed by atoms with Gasteiger partial charge in [0.15, 0.2) is 0 Å². The Bertz CT molecular complexity index is 893. The van der Waals surface area contributed by atoms with Crippen LogP contribution in [-0.4, -0.2) is 28.4 Å². The molecule has 25 heavy (non-hydrogen) atoms. The van der Waals surface area contributed by atoms with Crippen LogP contribution in [-0.2, 0) is 6.42 Å². The zero-order valence-corrected chi connectivity index (χ0v) is 16.0. The van der Waals surface area contributed by atoms with Crippen molar-refractivity contribution in [1.82, 2.24) is 14.7 Å². The van der Waals surface area contributed by atoms with E-state index in [9.17, 15) is 4.79 Å². The summed E-state index contributed by atoms with van der Waals surface area (Å²) in [6, 6.07) is 11.0. The summed E-state index contributed by atoms with van der Waals surface area (Å²) in [4.78, 5) is 17.1. The van der Waals surface area contributed by atoms with Crippen LogP contribution in [0.15, 0.2) is 47.1 Å². The Morgan fingerprint density at radius 3 is 2.80 bits per heavy atom. The fourth-order valence-corrected chi connectivity index (χ4v) is 2.92. The standard InChI is InChI=1S/C18H17BrClN3O2/c1-2-15-17(23-9-7-13(20)11-16(23)22-15)18(24)21-8-10-25-14-5-3-12(19)4-6-14/h3-7,9,11H,2,8,10H2,1H3,(H,21,24). The lowest BCUT2D eigenvalue weighted by atomic mass is 10.2. The molecule has 0 aliphatic carbocycles. The molecule has 3 rings (SSSR count). The van der Waals surface area contributed by atoms with Gasteiger partial charge in [-0.05, 0) is 36.8 Å². The molecule has 0 saturated heterocycles. The molecular weight excluding hydrogens is 406 g/mol. The third-order valence-corrected chi connectivity index (χ3v) is 4.44. The topological polar surface area (TPSA) is 55.6 Å². The minimum Gasteiger partial charge on any atom is -0.492 e. The highest BCUT2D eigenvalue weighted by atomic mass is 79.9. The van der Waals surface area contributed by atoms with Gasteiger partial charge in [0.25, 0.3) is 5.91 Å². The summed E-state index contributed by atoms with van der Waals surface area (Å²) in [6.45, 7) is 2.76. The number of benzene rings is 1. The number of rotatable bonds is 6. The molecular formula is C18H17BrClN3O2. The Hall–Kier alpha value is -2.05. The van der Waals surface area contributed by atoms with Crippen LogP contribution in [0.3, 0.4) is 0 Å². The van der Waals surface area contributed by atoms with E-state index in [1.807, 2.05) is 31.2 Å². The van der Waals surface area contributed by atoms with Gasteiger partial charge < -0.3 is 10.1 Å². The minimum absolute atomic E-state index is 0.175. The molecule has 7 heteroatoms. The zero-order valence-electron chi connectivity index (χ0n) is 13.6. The molecule has 0 saturated carbocycles. The molecule has 1 aromatic carbocycles. The van der Waals surface area contributed by atoms with Crippen molar-refractivity contribution in [3.05, 3.63) is 63.5 Å². The van der Waals surface area contributed by atoms with Gasteiger partial charge in [-0.2, -0.15) is 0 Å². The van der Waals surface area contributed by atoms with Crippen LogP contribution in [0.25, 0.3) is 5.65 Å². The fraction of sp³-hybridized carbons (Fsp3) is 0.222. The van der Waals surface area contributed by atoms with Crippen molar-refractivity contribution < 1.29 is 9.53 Å². The molecule has 5 nitrogen and oxygen atoms in total. The second-order valence-electron chi connectivity index (χ2n) is 5.39. The highest BCUT2D eigenvalue weighted by Crippen LogP contribution is 2.18. The minimum atomic E-state index is -0.175. The first-order valence-electron chi connectivity index (χ1n) is 7.91. The molecule has 2 aromatic heterocycles. The molecule has 0 unspecified atom stereocenters. The number of imidazole rings is 1. The number of amides is 1. The lowest BCUT2D eigenvalue weighted by Gasteiger charge is -2.09. The summed E-state index contributed by atoms with van der Waals surface area (Å²) in [5.74, 6) is 0.585. The number of hydrogen-bond donors (Lipinski definition) is 1.